The van der Waals surface area contributed by atoms with Crippen LogP contribution in [0.15, 0.2) is 5.38 Å². The maximum absolute atomic E-state index is 11.9. The van der Waals surface area contributed by atoms with Gasteiger partial charge in [-0.05, 0) is 12.3 Å². The third-order valence-corrected chi connectivity index (χ3v) is 5.03. The lowest BCUT2D eigenvalue weighted by molar-refractivity contribution is 0.237. The third-order valence-electron chi connectivity index (χ3n) is 3.72. The van der Waals surface area contributed by atoms with E-state index in [9.17, 15) is 4.79 Å². The smallest absolute Gasteiger partial charge is 0.315 e. The highest BCUT2D eigenvalue weighted by atomic mass is 32.1. The van der Waals surface area contributed by atoms with Crippen LogP contribution in [0, 0.1) is 5.92 Å². The predicted octanol–water partition coefficient (Wildman–Crippen LogP) is 4.46. The van der Waals surface area contributed by atoms with Gasteiger partial charge in [0.25, 0.3) is 0 Å². The number of aromatic nitrogens is 1. The Balaban J connectivity index is 2.32. The minimum Gasteiger partial charge on any atom is -0.338 e. The normalized spacial score (nSPS) is 13.0. The predicted molar refractivity (Wildman–Crippen MR) is 94.4 cm³/mol. The van der Waals surface area contributed by atoms with Crippen LogP contribution in [-0.2, 0) is 12.0 Å². The Morgan fingerprint density at radius 2 is 2.05 bits per heavy atom. The fraction of sp³-hybridized carbons (Fsp3) is 0.765. The fourth-order valence-corrected chi connectivity index (χ4v) is 3.05. The van der Waals surface area contributed by atoms with Gasteiger partial charge in [0.05, 0.1) is 17.2 Å². The zero-order valence-electron chi connectivity index (χ0n) is 14.7. The van der Waals surface area contributed by atoms with Gasteiger partial charge in [0.1, 0.15) is 0 Å². The van der Waals surface area contributed by atoms with Gasteiger partial charge in [-0.25, -0.2) is 9.78 Å². The number of carbonyl (C=O) groups excluding carboxylic acids is 1. The number of hydrogen-bond acceptors (Lipinski definition) is 3. The first kappa shape index (κ1) is 18.9. The van der Waals surface area contributed by atoms with Crippen molar-refractivity contribution in [3.05, 3.63) is 16.1 Å². The summed E-state index contributed by atoms with van der Waals surface area (Å²) >= 11 is 1.66. The van der Waals surface area contributed by atoms with Crippen molar-refractivity contribution in [2.45, 2.75) is 72.3 Å². The van der Waals surface area contributed by atoms with Gasteiger partial charge in [0.15, 0.2) is 0 Å². The van der Waals surface area contributed by atoms with Crippen molar-refractivity contribution in [1.82, 2.24) is 15.6 Å². The standard InChI is InChI=1S/C17H31N3OS/c1-6-8-9-13(7-2)10-18-16(21)19-11-14-12-22-15(20-14)17(3,4)5/h12-13H,6-11H2,1-5H3,(H2,18,19,21). The molecule has 1 aromatic rings. The topological polar surface area (TPSA) is 54.0 Å². The molecule has 0 aliphatic heterocycles. The zero-order valence-corrected chi connectivity index (χ0v) is 15.5. The quantitative estimate of drug-likeness (QED) is 0.741. The minimum absolute atomic E-state index is 0.0683. The number of rotatable bonds is 8. The SMILES string of the molecule is CCCCC(CC)CNC(=O)NCc1csc(C(C)(C)C)n1. The maximum atomic E-state index is 11.9. The fourth-order valence-electron chi connectivity index (χ4n) is 2.15. The van der Waals surface area contributed by atoms with E-state index in [4.69, 9.17) is 0 Å². The lowest BCUT2D eigenvalue weighted by atomic mass is 9.98. The molecule has 1 heterocycles. The summed E-state index contributed by atoms with van der Waals surface area (Å²) in [4.78, 5) is 16.4. The second-order valence-electron chi connectivity index (χ2n) is 6.87. The molecular formula is C17H31N3OS. The molecule has 126 valence electrons. The van der Waals surface area contributed by atoms with Crippen LogP contribution in [-0.4, -0.2) is 17.6 Å². The summed E-state index contributed by atoms with van der Waals surface area (Å²) in [6.07, 6.45) is 4.74. The van der Waals surface area contributed by atoms with E-state index in [1.54, 1.807) is 11.3 Å². The van der Waals surface area contributed by atoms with Crippen molar-refractivity contribution in [3.8, 4) is 0 Å². The van der Waals surface area contributed by atoms with Crippen LogP contribution < -0.4 is 10.6 Å². The average molecular weight is 326 g/mol. The molecule has 2 N–H and O–H groups in total. The number of nitrogens with one attached hydrogen (secondary N) is 2. The van der Waals surface area contributed by atoms with E-state index < -0.39 is 0 Å². The molecule has 0 fully saturated rings. The molecule has 0 aliphatic rings. The molecule has 1 aromatic heterocycles. The van der Waals surface area contributed by atoms with E-state index in [-0.39, 0.29) is 11.4 Å². The van der Waals surface area contributed by atoms with Crippen LogP contribution in [0.25, 0.3) is 0 Å². The van der Waals surface area contributed by atoms with Crippen molar-refractivity contribution in [2.75, 3.05) is 6.54 Å². The summed E-state index contributed by atoms with van der Waals surface area (Å²) in [5.41, 5.74) is 1.00. The van der Waals surface area contributed by atoms with Crippen molar-refractivity contribution in [2.24, 2.45) is 5.92 Å². The molecule has 0 spiro atoms. The monoisotopic (exact) mass is 325 g/mol. The molecule has 0 saturated carbocycles. The molecule has 1 unspecified atom stereocenters. The zero-order chi connectivity index (χ0) is 16.6. The number of thiazole rings is 1. The van der Waals surface area contributed by atoms with Crippen LogP contribution in [0.3, 0.4) is 0 Å². The van der Waals surface area contributed by atoms with Crippen LogP contribution in [0.5, 0.6) is 0 Å². The molecule has 1 rings (SSSR count). The molecule has 4 nitrogen and oxygen atoms in total. The van der Waals surface area contributed by atoms with Crippen molar-refractivity contribution < 1.29 is 4.79 Å². The maximum Gasteiger partial charge on any atom is 0.315 e. The summed E-state index contributed by atoms with van der Waals surface area (Å²) in [7, 11) is 0. The lowest BCUT2D eigenvalue weighted by Crippen LogP contribution is -2.37. The summed E-state index contributed by atoms with van der Waals surface area (Å²) in [6, 6.07) is -0.0970. The number of urea groups is 1. The van der Waals surface area contributed by atoms with Gasteiger partial charge in [-0.15, -0.1) is 11.3 Å². The van der Waals surface area contributed by atoms with Crippen LogP contribution in [0.1, 0.15) is 71.0 Å². The molecule has 0 aromatic carbocycles. The van der Waals surface area contributed by atoms with Gasteiger partial charge in [-0.2, -0.15) is 0 Å². The Kier molecular flexibility index (Phi) is 7.87. The number of carbonyl (C=O) groups is 1. The summed E-state index contributed by atoms with van der Waals surface area (Å²) in [5, 5.41) is 9.00. The second kappa shape index (κ2) is 9.13. The van der Waals surface area contributed by atoms with Gasteiger partial charge in [-0.1, -0.05) is 53.9 Å². The van der Waals surface area contributed by atoms with Gasteiger partial charge in [0.2, 0.25) is 0 Å². The van der Waals surface area contributed by atoms with E-state index in [1.165, 1.54) is 19.3 Å². The Bertz CT molecular complexity index is 451. The molecule has 1 atom stereocenters. The number of nitrogens with zero attached hydrogens (tertiary/aromatic N) is 1. The second-order valence-corrected chi connectivity index (χ2v) is 7.73. The van der Waals surface area contributed by atoms with Crippen LogP contribution in [0.4, 0.5) is 4.79 Å². The van der Waals surface area contributed by atoms with E-state index in [1.807, 2.05) is 5.38 Å². The summed E-state index contributed by atoms with van der Waals surface area (Å²) in [5.74, 6) is 0.581. The van der Waals surface area contributed by atoms with Gasteiger partial charge < -0.3 is 10.6 Å². The largest absolute Gasteiger partial charge is 0.338 e. The van der Waals surface area contributed by atoms with E-state index in [0.717, 1.165) is 23.7 Å². The Morgan fingerprint density at radius 1 is 1.32 bits per heavy atom. The Labute approximate surface area is 139 Å². The Morgan fingerprint density at radius 3 is 2.59 bits per heavy atom. The van der Waals surface area contributed by atoms with Gasteiger partial charge in [-0.3, -0.25) is 0 Å². The van der Waals surface area contributed by atoms with Crippen molar-refractivity contribution in [1.29, 1.82) is 0 Å². The van der Waals surface area contributed by atoms with E-state index in [2.05, 4.69) is 50.2 Å². The highest BCUT2D eigenvalue weighted by molar-refractivity contribution is 7.09. The first-order valence-corrected chi connectivity index (χ1v) is 9.21. The first-order valence-electron chi connectivity index (χ1n) is 8.33. The van der Waals surface area contributed by atoms with Crippen molar-refractivity contribution >= 4 is 17.4 Å². The summed E-state index contributed by atoms with van der Waals surface area (Å²) < 4.78 is 0. The summed E-state index contributed by atoms with van der Waals surface area (Å²) in [6.45, 7) is 12.1. The number of unbranched alkanes of at least 4 members (excludes halogenated alkanes) is 1. The van der Waals surface area contributed by atoms with Gasteiger partial charge in [0, 0.05) is 17.3 Å². The number of amides is 2. The lowest BCUT2D eigenvalue weighted by Gasteiger charge is -2.15. The molecule has 0 saturated heterocycles. The Hall–Kier alpha value is -1.10. The molecule has 5 heteroatoms. The van der Waals surface area contributed by atoms with E-state index in [0.29, 0.717) is 12.5 Å². The molecule has 2 amide bonds. The van der Waals surface area contributed by atoms with Crippen LogP contribution in [0.2, 0.25) is 0 Å². The van der Waals surface area contributed by atoms with Crippen LogP contribution >= 0.6 is 11.3 Å². The van der Waals surface area contributed by atoms with Crippen molar-refractivity contribution in [3.63, 3.8) is 0 Å². The third kappa shape index (κ3) is 6.77. The minimum atomic E-state index is -0.0970. The highest BCUT2D eigenvalue weighted by Gasteiger charge is 2.18. The first-order chi connectivity index (χ1) is 10.4. The molecular weight excluding hydrogens is 294 g/mol. The molecule has 0 aliphatic carbocycles. The van der Waals surface area contributed by atoms with E-state index >= 15 is 0 Å². The molecule has 22 heavy (non-hydrogen) atoms. The molecule has 0 bridgehead atoms. The molecule has 0 radical (unpaired) electrons. The van der Waals surface area contributed by atoms with Gasteiger partial charge >= 0.3 is 6.03 Å². The average Bonchev–Trinajstić information content (AvgIpc) is 2.94. The number of hydrogen-bond donors (Lipinski definition) is 2. The highest BCUT2D eigenvalue weighted by Crippen LogP contribution is 2.25.